The molecule has 204 valence electrons. The van der Waals surface area contributed by atoms with Gasteiger partial charge in [-0.1, -0.05) is 42.2 Å². The van der Waals surface area contributed by atoms with Crippen molar-refractivity contribution in [1.82, 2.24) is 29.4 Å². The van der Waals surface area contributed by atoms with Crippen LogP contribution < -0.4 is 16.6 Å². The summed E-state index contributed by atoms with van der Waals surface area (Å²) in [5.41, 5.74) is 8.20. The highest BCUT2D eigenvalue weighted by Gasteiger charge is 2.27. The van der Waals surface area contributed by atoms with Gasteiger partial charge in [0, 0.05) is 49.4 Å². The number of hydrogen-bond acceptors (Lipinski definition) is 6. The average Bonchev–Trinajstić information content (AvgIpc) is 3.28. The zero-order valence-electron chi connectivity index (χ0n) is 22.5. The number of carbonyl (C=O) groups excluding carboxylic acids is 2. The van der Waals surface area contributed by atoms with Crippen LogP contribution in [0.2, 0.25) is 0 Å². The molecule has 3 aromatic heterocycles. The highest BCUT2D eigenvalue weighted by molar-refractivity contribution is 6.04. The van der Waals surface area contributed by atoms with Crippen LogP contribution >= 0.6 is 0 Å². The Kier molecular flexibility index (Phi) is 6.47. The second-order valence-corrected chi connectivity index (χ2v) is 10.0. The summed E-state index contributed by atoms with van der Waals surface area (Å²) in [5.74, 6) is 6.13. The van der Waals surface area contributed by atoms with Crippen LogP contribution in [-0.2, 0) is 4.79 Å². The molecule has 4 heterocycles. The molecule has 0 saturated carbocycles. The minimum Gasteiger partial charge on any atom is -0.381 e. The van der Waals surface area contributed by atoms with Crippen LogP contribution in [0.1, 0.15) is 41.5 Å². The van der Waals surface area contributed by atoms with E-state index >= 15 is 0 Å². The van der Waals surface area contributed by atoms with E-state index in [1.54, 1.807) is 34.9 Å². The van der Waals surface area contributed by atoms with Crippen LogP contribution in [0.25, 0.3) is 22.1 Å². The van der Waals surface area contributed by atoms with E-state index in [1.165, 1.54) is 4.52 Å². The van der Waals surface area contributed by atoms with E-state index in [0.29, 0.717) is 46.5 Å². The molecular formula is C31H27N7O3. The van der Waals surface area contributed by atoms with Crippen LogP contribution in [-0.4, -0.2) is 49.0 Å². The number of pyridine rings is 1. The summed E-state index contributed by atoms with van der Waals surface area (Å²) in [4.78, 5) is 45.1. The molecule has 0 unspecified atom stereocenters. The molecule has 1 aliphatic rings. The van der Waals surface area contributed by atoms with Crippen molar-refractivity contribution in [2.45, 2.75) is 19.9 Å². The highest BCUT2D eigenvalue weighted by Crippen LogP contribution is 2.25. The van der Waals surface area contributed by atoms with Gasteiger partial charge in [0.25, 0.3) is 11.5 Å². The first-order valence-corrected chi connectivity index (χ1v) is 13.2. The van der Waals surface area contributed by atoms with Gasteiger partial charge in [-0.25, -0.2) is 9.50 Å². The Bertz CT molecular complexity index is 1940. The van der Waals surface area contributed by atoms with Crippen molar-refractivity contribution < 1.29 is 9.59 Å². The minimum absolute atomic E-state index is 0.0354. The highest BCUT2D eigenvalue weighted by atomic mass is 16.2. The van der Waals surface area contributed by atoms with Crippen molar-refractivity contribution in [3.8, 4) is 17.5 Å². The number of anilines is 1. The summed E-state index contributed by atoms with van der Waals surface area (Å²) in [7, 11) is 0. The molecular weight excluding hydrogens is 518 g/mol. The van der Waals surface area contributed by atoms with Gasteiger partial charge in [-0.05, 0) is 42.6 Å². The fourth-order valence-electron chi connectivity index (χ4n) is 5.12. The number of nitrogen functional groups attached to an aromatic ring is 1. The lowest BCUT2D eigenvalue weighted by molar-refractivity contribution is -0.133. The third kappa shape index (κ3) is 4.67. The molecule has 5 aromatic rings. The van der Waals surface area contributed by atoms with E-state index in [0.717, 1.165) is 0 Å². The Hall–Kier alpha value is -5.43. The van der Waals surface area contributed by atoms with Crippen LogP contribution in [0.15, 0.2) is 77.9 Å². The molecule has 0 radical (unpaired) electrons. The number of fused-ring (bicyclic) bond motifs is 2. The lowest BCUT2D eigenvalue weighted by Gasteiger charge is -2.35. The van der Waals surface area contributed by atoms with Crippen molar-refractivity contribution in [3.05, 3.63) is 100 Å². The van der Waals surface area contributed by atoms with Gasteiger partial charge >= 0.3 is 0 Å². The SMILES string of the molecule is CC(=O)N1CC(C#Cc2cccc3cc([C@H](C)NC(=O)c4c(N)nn5cccnc45)n(-c4ccccc4)c(=O)c23)C1. The van der Waals surface area contributed by atoms with Crippen LogP contribution in [0, 0.1) is 17.8 Å². The molecule has 0 spiro atoms. The largest absolute Gasteiger partial charge is 0.381 e. The quantitative estimate of drug-likeness (QED) is 0.334. The number of nitrogens with zero attached hydrogens (tertiary/aromatic N) is 5. The Labute approximate surface area is 235 Å². The Morgan fingerprint density at radius 1 is 1.10 bits per heavy atom. The Balaban J connectivity index is 1.42. The summed E-state index contributed by atoms with van der Waals surface area (Å²) in [5, 5.41) is 8.37. The van der Waals surface area contributed by atoms with Gasteiger partial charge < -0.3 is 16.0 Å². The molecule has 10 nitrogen and oxygen atoms in total. The van der Waals surface area contributed by atoms with Gasteiger partial charge in [0.05, 0.1) is 17.3 Å². The average molecular weight is 546 g/mol. The second-order valence-electron chi connectivity index (χ2n) is 10.0. The lowest BCUT2D eigenvalue weighted by Crippen LogP contribution is -2.48. The number of nitrogens with two attached hydrogens (primary N) is 1. The second kappa shape index (κ2) is 10.3. The van der Waals surface area contributed by atoms with Crippen LogP contribution in [0.3, 0.4) is 0 Å². The number of nitrogens with one attached hydrogen (secondary N) is 1. The van der Waals surface area contributed by atoms with E-state index in [2.05, 4.69) is 27.2 Å². The van der Waals surface area contributed by atoms with E-state index in [4.69, 9.17) is 5.73 Å². The first-order valence-electron chi connectivity index (χ1n) is 13.2. The predicted octanol–water partition coefficient (Wildman–Crippen LogP) is 2.94. The molecule has 1 fully saturated rings. The standard InChI is InChI=1S/C31H27N7O3/c1-19(34-30(40)27-28(32)35-37-15-7-14-33-29(27)37)25-16-23-9-6-8-22(13-12-21-17-36(18-21)20(2)39)26(23)31(41)38(25)24-10-4-3-5-11-24/h3-11,14-16,19,21H,17-18H2,1-2H3,(H2,32,35)(H,34,40)/t19-/m0/s1. The maximum absolute atomic E-state index is 14.2. The number of likely N-dealkylation sites (tertiary alicyclic amines) is 1. The topological polar surface area (TPSA) is 128 Å². The van der Waals surface area contributed by atoms with Gasteiger partial charge in [-0.3, -0.25) is 19.0 Å². The normalized spacial score (nSPS) is 13.9. The van der Waals surface area contributed by atoms with Crippen molar-refractivity contribution in [2.75, 3.05) is 18.8 Å². The number of amides is 2. The summed E-state index contributed by atoms with van der Waals surface area (Å²) < 4.78 is 3.06. The van der Waals surface area contributed by atoms with Gasteiger partial charge in [-0.2, -0.15) is 0 Å². The van der Waals surface area contributed by atoms with Gasteiger partial charge in [0.2, 0.25) is 5.91 Å². The van der Waals surface area contributed by atoms with Crippen molar-refractivity contribution >= 4 is 34.1 Å². The predicted molar refractivity (Wildman–Crippen MR) is 155 cm³/mol. The molecule has 1 saturated heterocycles. The summed E-state index contributed by atoms with van der Waals surface area (Å²) in [6, 6.07) is 17.8. The zero-order valence-corrected chi connectivity index (χ0v) is 22.5. The molecule has 2 amide bonds. The first kappa shape index (κ1) is 25.8. The summed E-state index contributed by atoms with van der Waals surface area (Å²) in [6.45, 7) is 4.55. The molecule has 10 heteroatoms. The monoisotopic (exact) mass is 545 g/mol. The summed E-state index contributed by atoms with van der Waals surface area (Å²) >= 11 is 0. The third-order valence-electron chi connectivity index (χ3n) is 7.27. The fraction of sp³-hybridized carbons (Fsp3) is 0.194. The molecule has 0 aliphatic carbocycles. The van der Waals surface area contributed by atoms with Crippen LogP contribution in [0.4, 0.5) is 5.82 Å². The minimum atomic E-state index is -0.583. The maximum Gasteiger partial charge on any atom is 0.264 e. The molecule has 1 aliphatic heterocycles. The van der Waals surface area contributed by atoms with Crippen molar-refractivity contribution in [2.24, 2.45) is 5.92 Å². The van der Waals surface area contributed by atoms with Gasteiger partial charge in [-0.15, -0.1) is 5.10 Å². The first-order chi connectivity index (χ1) is 19.8. The van der Waals surface area contributed by atoms with Gasteiger partial charge in [0.1, 0.15) is 5.56 Å². The number of benzene rings is 2. The molecule has 6 rings (SSSR count). The Morgan fingerprint density at radius 2 is 1.88 bits per heavy atom. The number of hydrogen-bond donors (Lipinski definition) is 2. The molecule has 1 atom stereocenters. The van der Waals surface area contributed by atoms with Crippen molar-refractivity contribution in [3.63, 3.8) is 0 Å². The van der Waals surface area contributed by atoms with E-state index in [9.17, 15) is 14.4 Å². The third-order valence-corrected chi connectivity index (χ3v) is 7.27. The summed E-state index contributed by atoms with van der Waals surface area (Å²) in [6.07, 6.45) is 3.23. The van der Waals surface area contributed by atoms with Gasteiger partial charge in [0.15, 0.2) is 11.5 Å². The number of para-hydroxylation sites is 1. The van der Waals surface area contributed by atoms with E-state index in [1.807, 2.05) is 61.5 Å². The van der Waals surface area contributed by atoms with Crippen molar-refractivity contribution in [1.29, 1.82) is 0 Å². The van der Waals surface area contributed by atoms with E-state index in [-0.39, 0.29) is 28.8 Å². The number of aromatic nitrogens is 4. The van der Waals surface area contributed by atoms with Crippen LogP contribution in [0.5, 0.6) is 0 Å². The number of rotatable bonds is 4. The smallest absolute Gasteiger partial charge is 0.264 e. The molecule has 3 N–H and O–H groups in total. The molecule has 0 bridgehead atoms. The Morgan fingerprint density at radius 3 is 2.63 bits per heavy atom. The fourth-order valence-corrected chi connectivity index (χ4v) is 5.12. The zero-order chi connectivity index (χ0) is 28.7. The molecule has 41 heavy (non-hydrogen) atoms. The maximum atomic E-state index is 14.2. The number of carbonyl (C=O) groups is 2. The van der Waals surface area contributed by atoms with E-state index < -0.39 is 11.9 Å². The molecule has 2 aromatic carbocycles. The lowest BCUT2D eigenvalue weighted by atomic mass is 9.99.